The molecule has 34 heavy (non-hydrogen) atoms. The van der Waals surface area contributed by atoms with Gasteiger partial charge in [0.05, 0.1) is 0 Å². The van der Waals surface area contributed by atoms with Gasteiger partial charge in [-0.05, 0) is 86.8 Å². The van der Waals surface area contributed by atoms with E-state index in [9.17, 15) is 9.18 Å². The first-order valence-electron chi connectivity index (χ1n) is 12.7. The lowest BCUT2D eigenvalue weighted by Crippen LogP contribution is -2.65. The number of carbonyl (C=O) groups is 1. The summed E-state index contributed by atoms with van der Waals surface area (Å²) in [5.41, 5.74) is -0.0143. The molecule has 1 aromatic heterocycles. The van der Waals surface area contributed by atoms with Crippen LogP contribution in [0.2, 0.25) is 0 Å². The Morgan fingerprint density at radius 1 is 1.12 bits per heavy atom. The number of halogens is 2. The Labute approximate surface area is 209 Å². The summed E-state index contributed by atoms with van der Waals surface area (Å²) in [6.45, 7) is 4.91. The third-order valence-corrected chi connectivity index (χ3v) is 9.82. The molecule has 6 aliphatic carbocycles. The number of fused-ring (bicyclic) bond motifs is 3. The van der Waals surface area contributed by atoms with E-state index in [0.29, 0.717) is 25.7 Å². The number of anilines is 1. The average molecular weight is 530 g/mol. The highest BCUT2D eigenvalue weighted by Crippen LogP contribution is 2.71. The van der Waals surface area contributed by atoms with Crippen molar-refractivity contribution in [3.8, 4) is 0 Å². The number of aromatic nitrogens is 2. The molecule has 5 nitrogen and oxygen atoms in total. The molecule has 0 radical (unpaired) electrons. The van der Waals surface area contributed by atoms with Crippen molar-refractivity contribution < 1.29 is 13.7 Å². The summed E-state index contributed by atoms with van der Waals surface area (Å²) in [4.78, 5) is 20.4. The number of nitrogens with zero attached hydrogens (tertiary/aromatic N) is 3. The Kier molecular flexibility index (Phi) is 5.08. The first kappa shape index (κ1) is 22.7. The maximum absolute atomic E-state index is 14.1. The van der Waals surface area contributed by atoms with Gasteiger partial charge in [0, 0.05) is 34.5 Å². The number of hydrogen-bond acceptors (Lipinski definition) is 4. The second-order valence-corrected chi connectivity index (χ2v) is 13.1. The second-order valence-electron chi connectivity index (χ2n) is 12.2. The zero-order valence-electron chi connectivity index (χ0n) is 20.1. The molecule has 0 aliphatic heterocycles. The molecule has 6 fully saturated rings. The Morgan fingerprint density at radius 3 is 2.35 bits per heavy atom. The zero-order chi connectivity index (χ0) is 23.8. The Bertz CT molecular complexity index is 1080. The van der Waals surface area contributed by atoms with Crippen LogP contribution in [0.5, 0.6) is 0 Å². The SMILES string of the molecule is CC(C)c1noc(C23CCC(CN(C(=O)CC45CC(F)(C4)C5)c4cccc(Br)c4)(CC2)CC3)n1. The normalized spacial score (nSPS) is 35.7. The van der Waals surface area contributed by atoms with E-state index in [1.165, 1.54) is 0 Å². The Hall–Kier alpha value is -1.76. The number of hydrogen-bond donors (Lipinski definition) is 0. The van der Waals surface area contributed by atoms with Gasteiger partial charge in [-0.1, -0.05) is 41.0 Å². The van der Waals surface area contributed by atoms with Crippen LogP contribution in [-0.2, 0) is 10.2 Å². The molecule has 182 valence electrons. The van der Waals surface area contributed by atoms with Crippen LogP contribution in [0, 0.1) is 10.8 Å². The summed E-state index contributed by atoms with van der Waals surface area (Å²) in [6, 6.07) is 8.04. The molecule has 7 heteroatoms. The van der Waals surface area contributed by atoms with Crippen LogP contribution in [0.3, 0.4) is 0 Å². The highest BCUT2D eigenvalue weighted by molar-refractivity contribution is 9.10. The van der Waals surface area contributed by atoms with E-state index in [1.54, 1.807) is 0 Å². The molecule has 1 heterocycles. The highest BCUT2D eigenvalue weighted by Gasteiger charge is 2.69. The van der Waals surface area contributed by atoms with Crippen molar-refractivity contribution in [1.29, 1.82) is 0 Å². The minimum absolute atomic E-state index is 0.00617. The zero-order valence-corrected chi connectivity index (χ0v) is 21.7. The smallest absolute Gasteiger partial charge is 0.232 e. The van der Waals surface area contributed by atoms with Crippen LogP contribution in [0.25, 0.3) is 0 Å². The predicted molar refractivity (Wildman–Crippen MR) is 131 cm³/mol. The van der Waals surface area contributed by atoms with Crippen LogP contribution < -0.4 is 4.90 Å². The van der Waals surface area contributed by atoms with Crippen molar-refractivity contribution in [2.75, 3.05) is 11.4 Å². The van der Waals surface area contributed by atoms with E-state index in [-0.39, 0.29) is 28.1 Å². The van der Waals surface area contributed by atoms with Crippen molar-refractivity contribution >= 4 is 27.5 Å². The van der Waals surface area contributed by atoms with Gasteiger partial charge in [-0.25, -0.2) is 4.39 Å². The third kappa shape index (κ3) is 3.64. The predicted octanol–water partition coefficient (Wildman–Crippen LogP) is 6.86. The van der Waals surface area contributed by atoms with Crippen molar-refractivity contribution in [2.24, 2.45) is 10.8 Å². The number of benzene rings is 1. The van der Waals surface area contributed by atoms with Gasteiger partial charge in [0.15, 0.2) is 5.82 Å². The van der Waals surface area contributed by atoms with Gasteiger partial charge in [0.25, 0.3) is 0 Å². The average Bonchev–Trinajstić information content (AvgIpc) is 3.29. The first-order chi connectivity index (χ1) is 16.1. The van der Waals surface area contributed by atoms with Crippen LogP contribution in [0.15, 0.2) is 33.3 Å². The lowest BCUT2D eigenvalue weighted by atomic mass is 9.41. The van der Waals surface area contributed by atoms with Gasteiger partial charge >= 0.3 is 0 Å². The van der Waals surface area contributed by atoms with Gasteiger partial charge < -0.3 is 9.42 Å². The van der Waals surface area contributed by atoms with E-state index in [2.05, 4.69) is 34.9 Å². The summed E-state index contributed by atoms with van der Waals surface area (Å²) < 4.78 is 20.8. The van der Waals surface area contributed by atoms with Crippen molar-refractivity contribution in [1.82, 2.24) is 10.1 Å². The van der Waals surface area contributed by atoms with Crippen LogP contribution in [-0.4, -0.2) is 28.3 Å². The molecule has 6 saturated carbocycles. The lowest BCUT2D eigenvalue weighted by molar-refractivity contribution is -0.215. The van der Waals surface area contributed by atoms with E-state index < -0.39 is 5.67 Å². The van der Waals surface area contributed by atoms with Crippen LogP contribution >= 0.6 is 15.9 Å². The van der Waals surface area contributed by atoms with E-state index in [0.717, 1.165) is 66.9 Å². The topological polar surface area (TPSA) is 59.2 Å². The van der Waals surface area contributed by atoms with Crippen molar-refractivity contribution in [2.45, 2.75) is 95.1 Å². The minimum atomic E-state index is -0.972. The molecular weight excluding hydrogens is 497 g/mol. The molecule has 6 aliphatic rings. The molecule has 0 saturated heterocycles. The minimum Gasteiger partial charge on any atom is -0.339 e. The number of alkyl halides is 1. The van der Waals surface area contributed by atoms with Gasteiger partial charge in [0.1, 0.15) is 5.67 Å². The monoisotopic (exact) mass is 529 g/mol. The largest absolute Gasteiger partial charge is 0.339 e. The quantitative estimate of drug-likeness (QED) is 0.392. The number of carbonyl (C=O) groups excluding carboxylic acids is 1. The molecule has 1 amide bonds. The Balaban J connectivity index is 1.20. The molecule has 8 rings (SSSR count). The Morgan fingerprint density at radius 2 is 1.79 bits per heavy atom. The fourth-order valence-corrected chi connectivity index (χ4v) is 7.66. The molecule has 1 aromatic carbocycles. The fourth-order valence-electron chi connectivity index (χ4n) is 7.27. The first-order valence-corrected chi connectivity index (χ1v) is 13.5. The standard InChI is InChI=1S/C27H33BrFN3O2/c1-18(2)22-30-23(34-31-22)26-9-6-24(7-10-26,8-11-26)17-32(20-5-3-4-19(28)12-20)21(33)13-25-14-27(29,15-25)16-25/h3-5,12,18H,6-11,13-17H2,1-2H3. The lowest BCUT2D eigenvalue weighted by Gasteiger charge is -2.66. The van der Waals surface area contributed by atoms with E-state index in [1.807, 2.05) is 29.2 Å². The third-order valence-electron chi connectivity index (χ3n) is 9.33. The molecule has 2 aromatic rings. The summed E-state index contributed by atoms with van der Waals surface area (Å²) in [6.07, 6.45) is 8.42. The van der Waals surface area contributed by atoms with E-state index >= 15 is 0 Å². The molecule has 0 atom stereocenters. The van der Waals surface area contributed by atoms with Gasteiger partial charge in [0.2, 0.25) is 11.8 Å². The van der Waals surface area contributed by atoms with Gasteiger partial charge in [-0.2, -0.15) is 4.98 Å². The van der Waals surface area contributed by atoms with Gasteiger partial charge in [-0.3, -0.25) is 4.79 Å². The van der Waals surface area contributed by atoms with Crippen LogP contribution in [0.1, 0.15) is 95.7 Å². The molecule has 0 unspecified atom stereocenters. The fraction of sp³-hybridized carbons (Fsp3) is 0.667. The van der Waals surface area contributed by atoms with Crippen molar-refractivity contribution in [3.63, 3.8) is 0 Å². The second kappa shape index (κ2) is 7.62. The maximum Gasteiger partial charge on any atom is 0.232 e. The number of rotatable bonds is 7. The molecular formula is C27H33BrFN3O2. The summed E-state index contributed by atoms with van der Waals surface area (Å²) in [7, 11) is 0. The molecule has 0 spiro atoms. The van der Waals surface area contributed by atoms with Crippen LogP contribution in [0.4, 0.5) is 10.1 Å². The summed E-state index contributed by atoms with van der Waals surface area (Å²) >= 11 is 3.58. The maximum atomic E-state index is 14.1. The molecule has 4 bridgehead atoms. The highest BCUT2D eigenvalue weighted by atomic mass is 79.9. The summed E-state index contributed by atoms with van der Waals surface area (Å²) in [5.74, 6) is 2.02. The molecule has 0 N–H and O–H groups in total. The number of amides is 1. The van der Waals surface area contributed by atoms with E-state index in [4.69, 9.17) is 9.51 Å². The van der Waals surface area contributed by atoms with Crippen molar-refractivity contribution in [3.05, 3.63) is 40.5 Å². The summed E-state index contributed by atoms with van der Waals surface area (Å²) in [5, 5.41) is 4.22. The van der Waals surface area contributed by atoms with Gasteiger partial charge in [-0.15, -0.1) is 0 Å².